The van der Waals surface area contributed by atoms with E-state index in [0.717, 1.165) is 37.2 Å². The lowest BCUT2D eigenvalue weighted by atomic mass is 10.0. The van der Waals surface area contributed by atoms with Gasteiger partial charge in [0.15, 0.2) is 0 Å². The van der Waals surface area contributed by atoms with Crippen LogP contribution in [0.2, 0.25) is 0 Å². The molecule has 0 aromatic heterocycles. The zero-order valence-corrected chi connectivity index (χ0v) is 16.0. The van der Waals surface area contributed by atoms with Crippen molar-refractivity contribution in [2.75, 3.05) is 26.7 Å². The number of rotatable bonds is 6. The molecule has 0 saturated carbocycles. The molecule has 3 amide bonds. The topological polar surface area (TPSA) is 99.8 Å². The molecule has 8 nitrogen and oxygen atoms in total. The smallest absolute Gasteiger partial charge is 0.255 e. The van der Waals surface area contributed by atoms with Crippen molar-refractivity contribution in [3.8, 4) is 0 Å². The van der Waals surface area contributed by atoms with E-state index in [0.29, 0.717) is 25.1 Å². The maximum Gasteiger partial charge on any atom is 0.255 e. The number of benzene rings is 1. The molecule has 0 aliphatic carbocycles. The number of carbonyl (C=O) groups excluding carboxylic acids is 3. The molecule has 0 radical (unpaired) electrons. The zero-order chi connectivity index (χ0) is 19.7. The molecule has 3 N–H and O–H groups in total. The highest BCUT2D eigenvalue weighted by molar-refractivity contribution is 6.05. The van der Waals surface area contributed by atoms with Crippen LogP contribution in [-0.2, 0) is 27.4 Å². The minimum absolute atomic E-state index is 0.139. The second kappa shape index (κ2) is 7.62. The lowest BCUT2D eigenvalue weighted by molar-refractivity contribution is -0.136. The molecule has 4 rings (SSSR count). The monoisotopic (exact) mass is 386 g/mol. The summed E-state index contributed by atoms with van der Waals surface area (Å²) in [5.74, 6) is -0.793. The highest BCUT2D eigenvalue weighted by Gasteiger charge is 2.39. The van der Waals surface area contributed by atoms with Gasteiger partial charge in [-0.25, -0.2) is 0 Å². The number of ether oxygens (including phenoxy) is 1. The fourth-order valence-corrected chi connectivity index (χ4v) is 4.29. The van der Waals surface area contributed by atoms with E-state index < -0.39 is 6.04 Å². The largest absolute Gasteiger partial charge is 0.376 e. The second-order valence-electron chi connectivity index (χ2n) is 7.81. The molecule has 3 aliphatic heterocycles. The van der Waals surface area contributed by atoms with Crippen LogP contribution < -0.4 is 16.0 Å². The maximum absolute atomic E-state index is 12.7. The summed E-state index contributed by atoms with van der Waals surface area (Å²) in [4.78, 5) is 37.8. The number of hydrogen-bond donors (Lipinski definition) is 3. The Hall–Kier alpha value is -2.29. The first kappa shape index (κ1) is 19.0. The molecule has 0 bridgehead atoms. The first-order valence-electron chi connectivity index (χ1n) is 9.74. The zero-order valence-electron chi connectivity index (χ0n) is 16.0. The SMILES string of the molecule is COC1(CNCc2ccc3c(c2)CN(C2CCC(=O)NC2=O)C3=O)CCNC1. The number of fused-ring (bicyclic) bond motifs is 1. The minimum Gasteiger partial charge on any atom is -0.376 e. The van der Waals surface area contributed by atoms with Crippen molar-refractivity contribution in [2.24, 2.45) is 0 Å². The Morgan fingerprint density at radius 3 is 2.89 bits per heavy atom. The average molecular weight is 386 g/mol. The van der Waals surface area contributed by atoms with Gasteiger partial charge in [-0.15, -0.1) is 0 Å². The minimum atomic E-state index is -0.574. The number of nitrogens with one attached hydrogen (secondary N) is 3. The van der Waals surface area contributed by atoms with Gasteiger partial charge in [0.25, 0.3) is 5.91 Å². The molecule has 28 heavy (non-hydrogen) atoms. The van der Waals surface area contributed by atoms with Crippen LogP contribution in [0.5, 0.6) is 0 Å². The molecule has 3 heterocycles. The van der Waals surface area contributed by atoms with Gasteiger partial charge in [-0.1, -0.05) is 12.1 Å². The summed E-state index contributed by atoms with van der Waals surface area (Å²) in [6.45, 7) is 3.66. The third-order valence-electron chi connectivity index (χ3n) is 6.00. The van der Waals surface area contributed by atoms with E-state index >= 15 is 0 Å². The van der Waals surface area contributed by atoms with Gasteiger partial charge in [-0.05, 0) is 36.6 Å². The molecule has 8 heteroatoms. The summed E-state index contributed by atoms with van der Waals surface area (Å²) in [6, 6.07) is 5.24. The maximum atomic E-state index is 12.7. The highest BCUT2D eigenvalue weighted by Crippen LogP contribution is 2.28. The van der Waals surface area contributed by atoms with Crippen LogP contribution in [0.3, 0.4) is 0 Å². The van der Waals surface area contributed by atoms with Crippen molar-refractivity contribution >= 4 is 17.7 Å². The predicted molar refractivity (Wildman–Crippen MR) is 101 cm³/mol. The fraction of sp³-hybridized carbons (Fsp3) is 0.550. The van der Waals surface area contributed by atoms with Gasteiger partial charge in [0.05, 0.1) is 5.60 Å². The van der Waals surface area contributed by atoms with Crippen molar-refractivity contribution in [3.63, 3.8) is 0 Å². The molecule has 0 spiro atoms. The number of piperidine rings is 1. The van der Waals surface area contributed by atoms with E-state index in [1.54, 1.807) is 12.0 Å². The normalized spacial score (nSPS) is 27.2. The van der Waals surface area contributed by atoms with Crippen LogP contribution in [0, 0.1) is 0 Å². The van der Waals surface area contributed by atoms with E-state index in [2.05, 4.69) is 16.0 Å². The molecular weight excluding hydrogens is 360 g/mol. The number of methoxy groups -OCH3 is 1. The number of nitrogens with zero attached hydrogens (tertiary/aromatic N) is 1. The Labute approximate surface area is 164 Å². The average Bonchev–Trinajstić information content (AvgIpc) is 3.27. The lowest BCUT2D eigenvalue weighted by Crippen LogP contribution is -2.52. The van der Waals surface area contributed by atoms with Crippen molar-refractivity contribution < 1.29 is 19.1 Å². The van der Waals surface area contributed by atoms with Crippen molar-refractivity contribution in [2.45, 2.75) is 44.0 Å². The molecule has 3 aliphatic rings. The lowest BCUT2D eigenvalue weighted by Gasteiger charge is -2.29. The molecule has 1 aromatic carbocycles. The highest BCUT2D eigenvalue weighted by atomic mass is 16.5. The molecule has 150 valence electrons. The quantitative estimate of drug-likeness (QED) is 0.591. The van der Waals surface area contributed by atoms with Gasteiger partial charge in [0.2, 0.25) is 11.8 Å². The van der Waals surface area contributed by atoms with Crippen LogP contribution in [0.15, 0.2) is 18.2 Å². The number of hydrogen-bond acceptors (Lipinski definition) is 6. The summed E-state index contributed by atoms with van der Waals surface area (Å²) in [7, 11) is 1.75. The summed E-state index contributed by atoms with van der Waals surface area (Å²) in [5, 5.41) is 9.12. The molecule has 1 aromatic rings. The fourth-order valence-electron chi connectivity index (χ4n) is 4.29. The van der Waals surface area contributed by atoms with Gasteiger partial charge in [-0.3, -0.25) is 19.7 Å². The van der Waals surface area contributed by atoms with Crippen LogP contribution in [-0.4, -0.2) is 61.0 Å². The van der Waals surface area contributed by atoms with E-state index in [1.807, 2.05) is 18.2 Å². The van der Waals surface area contributed by atoms with Crippen molar-refractivity contribution in [1.29, 1.82) is 0 Å². The standard InChI is InChI=1S/C20H26N4O4/c1-28-20(6-7-21-11-20)12-22-9-13-2-3-15-14(8-13)10-24(19(15)27)16-4-5-17(25)23-18(16)26/h2-3,8,16,21-22H,4-7,9-12H2,1H3,(H,23,25,26). The van der Waals surface area contributed by atoms with E-state index in [1.165, 1.54) is 0 Å². The summed E-state index contributed by atoms with van der Waals surface area (Å²) >= 11 is 0. The molecule has 2 fully saturated rings. The first-order chi connectivity index (χ1) is 13.5. The second-order valence-corrected chi connectivity index (χ2v) is 7.81. The number of imide groups is 1. The summed E-state index contributed by atoms with van der Waals surface area (Å²) in [5.41, 5.74) is 2.50. The number of amides is 3. The Morgan fingerprint density at radius 2 is 2.18 bits per heavy atom. The third-order valence-corrected chi connectivity index (χ3v) is 6.00. The van der Waals surface area contributed by atoms with Crippen molar-refractivity contribution in [1.82, 2.24) is 20.9 Å². The number of carbonyl (C=O) groups is 3. The van der Waals surface area contributed by atoms with Gasteiger partial charge < -0.3 is 20.3 Å². The third kappa shape index (κ3) is 3.55. The first-order valence-corrected chi connectivity index (χ1v) is 9.74. The molecule has 2 saturated heterocycles. The van der Waals surface area contributed by atoms with Crippen LogP contribution >= 0.6 is 0 Å². The Bertz CT molecular complexity index is 803. The Kier molecular flexibility index (Phi) is 5.18. The molecular formula is C20H26N4O4. The van der Waals surface area contributed by atoms with Crippen LogP contribution in [0.4, 0.5) is 0 Å². The predicted octanol–water partition coefficient (Wildman–Crippen LogP) is -0.0843. The van der Waals surface area contributed by atoms with Crippen LogP contribution in [0.25, 0.3) is 0 Å². The van der Waals surface area contributed by atoms with Crippen LogP contribution in [0.1, 0.15) is 40.7 Å². The summed E-state index contributed by atoms with van der Waals surface area (Å²) in [6.07, 6.45) is 1.63. The Balaban J connectivity index is 1.39. The van der Waals surface area contributed by atoms with Crippen molar-refractivity contribution in [3.05, 3.63) is 34.9 Å². The van der Waals surface area contributed by atoms with Gasteiger partial charge in [0, 0.05) is 45.3 Å². The van der Waals surface area contributed by atoms with E-state index in [9.17, 15) is 14.4 Å². The van der Waals surface area contributed by atoms with E-state index in [4.69, 9.17) is 4.74 Å². The Morgan fingerprint density at radius 1 is 1.32 bits per heavy atom. The summed E-state index contributed by atoms with van der Waals surface area (Å²) < 4.78 is 5.69. The van der Waals surface area contributed by atoms with Gasteiger partial charge in [-0.2, -0.15) is 0 Å². The van der Waals surface area contributed by atoms with Gasteiger partial charge in [0.1, 0.15) is 6.04 Å². The molecule has 2 atom stereocenters. The van der Waals surface area contributed by atoms with E-state index in [-0.39, 0.29) is 29.7 Å². The van der Waals surface area contributed by atoms with Gasteiger partial charge >= 0.3 is 0 Å². The molecule has 2 unspecified atom stereocenters.